The summed E-state index contributed by atoms with van der Waals surface area (Å²) >= 11 is 1.23. The number of ether oxygens (including phenoxy) is 1. The molecular formula is C22H28FN5O3S. The van der Waals surface area contributed by atoms with Crippen LogP contribution in [0.1, 0.15) is 44.5 Å². The molecule has 2 aromatic rings. The number of nitrogens with one attached hydrogen (secondary N) is 2. The number of rotatable bonds is 8. The normalized spacial score (nSPS) is 22.5. The van der Waals surface area contributed by atoms with Crippen molar-refractivity contribution in [3.63, 3.8) is 0 Å². The highest BCUT2D eigenvalue weighted by atomic mass is 32.2. The molecule has 1 heterocycles. The van der Waals surface area contributed by atoms with Crippen LogP contribution in [0.15, 0.2) is 29.4 Å². The third kappa shape index (κ3) is 4.90. The number of benzene rings is 1. The van der Waals surface area contributed by atoms with Crippen LogP contribution >= 0.6 is 11.8 Å². The lowest BCUT2D eigenvalue weighted by molar-refractivity contribution is -0.117. The predicted molar refractivity (Wildman–Crippen MR) is 118 cm³/mol. The molecule has 0 unspecified atom stereocenters. The molecule has 0 aliphatic heterocycles. The van der Waals surface area contributed by atoms with Crippen molar-refractivity contribution in [2.45, 2.75) is 50.4 Å². The smallest absolute Gasteiger partial charge is 0.321 e. The van der Waals surface area contributed by atoms with Crippen LogP contribution in [0.2, 0.25) is 0 Å². The standard InChI is InChI=1S/C22H28FN5O3S/c1-13(16-10-14-7-8-15(16)9-14)28-19(11-31-18-6-4-3-5-17(18)23)26-27-22(28)32-12-20(29)25-21(30)24-2/h3-6,13-16H,7-12H2,1-2H3,(H2,24,25,29,30)/t13-,14-,15-,16+/m0/s1. The van der Waals surface area contributed by atoms with Gasteiger partial charge in [0.05, 0.1) is 5.75 Å². The number of hydrogen-bond acceptors (Lipinski definition) is 6. The van der Waals surface area contributed by atoms with Crippen molar-refractivity contribution in [3.8, 4) is 5.75 Å². The van der Waals surface area contributed by atoms with Gasteiger partial charge < -0.3 is 10.1 Å². The minimum Gasteiger partial charge on any atom is -0.483 e. The Morgan fingerprint density at radius 3 is 2.78 bits per heavy atom. The topological polar surface area (TPSA) is 98.1 Å². The fraction of sp³-hybridized carbons (Fsp3) is 0.545. The van der Waals surface area contributed by atoms with Crippen molar-refractivity contribution in [1.82, 2.24) is 25.4 Å². The van der Waals surface area contributed by atoms with E-state index in [1.807, 2.05) is 4.57 Å². The Labute approximate surface area is 190 Å². The lowest BCUT2D eigenvalue weighted by atomic mass is 9.84. The van der Waals surface area contributed by atoms with Gasteiger partial charge in [-0.25, -0.2) is 9.18 Å². The van der Waals surface area contributed by atoms with Crippen LogP contribution < -0.4 is 15.4 Å². The van der Waals surface area contributed by atoms with Crippen molar-refractivity contribution < 1.29 is 18.7 Å². The van der Waals surface area contributed by atoms with E-state index in [9.17, 15) is 14.0 Å². The third-order valence-electron chi connectivity index (χ3n) is 6.56. The maximum atomic E-state index is 14.0. The molecular weight excluding hydrogens is 433 g/mol. The maximum absolute atomic E-state index is 14.0. The zero-order valence-corrected chi connectivity index (χ0v) is 19.0. The summed E-state index contributed by atoms with van der Waals surface area (Å²) in [5.74, 6) is 1.93. The number of hydrogen-bond donors (Lipinski definition) is 2. The number of urea groups is 1. The largest absolute Gasteiger partial charge is 0.483 e. The summed E-state index contributed by atoms with van der Waals surface area (Å²) in [6.45, 7) is 2.24. The van der Waals surface area contributed by atoms with Crippen molar-refractivity contribution in [2.24, 2.45) is 17.8 Å². The molecule has 0 saturated heterocycles. The second-order valence-electron chi connectivity index (χ2n) is 8.48. The maximum Gasteiger partial charge on any atom is 0.321 e. The van der Waals surface area contributed by atoms with Crippen LogP contribution in [-0.4, -0.2) is 39.5 Å². The monoisotopic (exact) mass is 461 g/mol. The minimum atomic E-state index is -0.550. The Kier molecular flexibility index (Phi) is 6.98. The molecule has 3 amide bonds. The van der Waals surface area contributed by atoms with Crippen LogP contribution in [0, 0.1) is 23.6 Å². The van der Waals surface area contributed by atoms with E-state index >= 15 is 0 Å². The molecule has 32 heavy (non-hydrogen) atoms. The van der Waals surface area contributed by atoms with Crippen LogP contribution in [0.3, 0.4) is 0 Å². The van der Waals surface area contributed by atoms with Gasteiger partial charge in [0.2, 0.25) is 5.91 Å². The summed E-state index contributed by atoms with van der Waals surface area (Å²) in [7, 11) is 1.45. The first kappa shape index (κ1) is 22.6. The lowest BCUT2D eigenvalue weighted by Gasteiger charge is -2.30. The molecule has 2 fully saturated rings. The van der Waals surface area contributed by atoms with Gasteiger partial charge in [-0.2, -0.15) is 0 Å². The number of amides is 3. The Bertz CT molecular complexity index is 984. The summed E-state index contributed by atoms with van der Waals surface area (Å²) in [5, 5.41) is 13.8. The summed E-state index contributed by atoms with van der Waals surface area (Å²) in [6, 6.07) is 5.84. The Morgan fingerprint density at radius 2 is 2.09 bits per heavy atom. The number of carbonyl (C=O) groups excluding carboxylic acids is 2. The molecule has 172 valence electrons. The van der Waals surface area contributed by atoms with E-state index in [1.165, 1.54) is 50.6 Å². The molecule has 2 bridgehead atoms. The first-order valence-electron chi connectivity index (χ1n) is 10.9. The van der Waals surface area contributed by atoms with Gasteiger partial charge in [0.15, 0.2) is 22.5 Å². The highest BCUT2D eigenvalue weighted by Crippen LogP contribution is 2.52. The van der Waals surface area contributed by atoms with Crippen molar-refractivity contribution >= 4 is 23.7 Å². The molecule has 2 saturated carbocycles. The van der Waals surface area contributed by atoms with E-state index in [0.717, 1.165) is 5.92 Å². The van der Waals surface area contributed by atoms with Gasteiger partial charge in [-0.1, -0.05) is 30.3 Å². The van der Waals surface area contributed by atoms with Gasteiger partial charge in [-0.3, -0.25) is 14.7 Å². The van der Waals surface area contributed by atoms with Gasteiger partial charge in [-0.05, 0) is 56.1 Å². The fourth-order valence-electron chi connectivity index (χ4n) is 5.05. The number of halogens is 1. The number of thioether (sulfide) groups is 1. The number of para-hydroxylation sites is 1. The Balaban J connectivity index is 1.52. The van der Waals surface area contributed by atoms with Gasteiger partial charge in [0.25, 0.3) is 0 Å². The SMILES string of the molecule is CNC(=O)NC(=O)CSc1nnc(COc2ccccc2F)n1[C@@H](C)[C@H]1C[C@H]2CC[C@H]1C2. The molecule has 2 aliphatic carbocycles. The number of imide groups is 1. The second kappa shape index (κ2) is 9.89. The molecule has 10 heteroatoms. The molecule has 0 radical (unpaired) electrons. The van der Waals surface area contributed by atoms with Crippen LogP contribution in [0.25, 0.3) is 0 Å². The third-order valence-corrected chi connectivity index (χ3v) is 7.50. The molecule has 1 aromatic carbocycles. The quantitative estimate of drug-likeness (QED) is 0.584. The molecule has 1 aromatic heterocycles. The number of carbonyl (C=O) groups is 2. The highest BCUT2D eigenvalue weighted by molar-refractivity contribution is 7.99. The van der Waals surface area contributed by atoms with Gasteiger partial charge in [-0.15, -0.1) is 10.2 Å². The zero-order valence-electron chi connectivity index (χ0n) is 18.2. The van der Waals surface area contributed by atoms with Crippen molar-refractivity contribution in [1.29, 1.82) is 0 Å². The second-order valence-corrected chi connectivity index (χ2v) is 9.43. The molecule has 8 nitrogen and oxygen atoms in total. The average molecular weight is 462 g/mol. The molecule has 2 N–H and O–H groups in total. The molecule has 4 atom stereocenters. The van der Waals surface area contributed by atoms with Crippen molar-refractivity contribution in [2.75, 3.05) is 12.8 Å². The highest BCUT2D eigenvalue weighted by Gasteiger charge is 2.43. The van der Waals surface area contributed by atoms with Crippen LogP contribution in [-0.2, 0) is 11.4 Å². The van der Waals surface area contributed by atoms with E-state index in [4.69, 9.17) is 4.74 Å². The summed E-state index contributed by atoms with van der Waals surface area (Å²) in [6.07, 6.45) is 5.01. The average Bonchev–Trinajstić information content (AvgIpc) is 3.52. The minimum absolute atomic E-state index is 0.0309. The van der Waals surface area contributed by atoms with Gasteiger partial charge in [0.1, 0.15) is 6.61 Å². The van der Waals surface area contributed by atoms with E-state index in [2.05, 4.69) is 27.8 Å². The van der Waals surface area contributed by atoms with Gasteiger partial charge in [0, 0.05) is 13.1 Å². The summed E-state index contributed by atoms with van der Waals surface area (Å²) in [4.78, 5) is 23.4. The first-order chi connectivity index (χ1) is 15.5. The Hall–Kier alpha value is -2.62. The Morgan fingerprint density at radius 1 is 1.28 bits per heavy atom. The zero-order chi connectivity index (χ0) is 22.7. The lowest BCUT2D eigenvalue weighted by Crippen LogP contribution is -2.38. The summed E-state index contributed by atoms with van der Waals surface area (Å²) in [5.41, 5.74) is 0. The number of nitrogens with zero attached hydrogens (tertiary/aromatic N) is 3. The number of aromatic nitrogens is 3. The van der Waals surface area contributed by atoms with E-state index < -0.39 is 17.8 Å². The van der Waals surface area contributed by atoms with E-state index in [0.29, 0.717) is 22.8 Å². The van der Waals surface area contributed by atoms with Crippen LogP contribution in [0.4, 0.5) is 9.18 Å². The first-order valence-corrected chi connectivity index (χ1v) is 11.9. The van der Waals surface area contributed by atoms with E-state index in [1.54, 1.807) is 18.2 Å². The predicted octanol–water partition coefficient (Wildman–Crippen LogP) is 3.54. The van der Waals surface area contributed by atoms with Gasteiger partial charge >= 0.3 is 6.03 Å². The molecule has 4 rings (SSSR count). The summed E-state index contributed by atoms with van der Waals surface area (Å²) < 4.78 is 21.7. The van der Waals surface area contributed by atoms with E-state index in [-0.39, 0.29) is 24.2 Å². The molecule has 2 aliphatic rings. The van der Waals surface area contributed by atoms with Crippen molar-refractivity contribution in [3.05, 3.63) is 35.9 Å². The molecule has 0 spiro atoms. The number of fused-ring (bicyclic) bond motifs is 2. The fourth-order valence-corrected chi connectivity index (χ4v) is 5.89. The van der Waals surface area contributed by atoms with Crippen LogP contribution in [0.5, 0.6) is 5.75 Å².